The molecule has 0 bridgehead atoms. The SMILES string of the molecule is CC(C)(C)[Si](C)(C)Oc1c(O[Si](C)(C)C(C)(C)C)c2cc(Br)cc3c(Br)c(Br)c4cc(Br)cc1c4c32. The predicted octanol–water partition coefficient (Wildman–Crippen LogP) is 12.4. The van der Waals surface area contributed by atoms with Crippen LogP contribution in [-0.2, 0) is 0 Å². The van der Waals surface area contributed by atoms with Gasteiger partial charge in [-0.1, -0.05) is 73.4 Å². The molecular weight excluding hydrogens is 744 g/mol. The summed E-state index contributed by atoms with van der Waals surface area (Å²) in [5, 5.41) is 6.94. The standard InChI is InChI=1S/C28H34Br4O2Si2/c1-27(2,3)35(7,8)33-25-19-13-15(29)11-17-21(19)22-18(24(32)23(17)31)12-16(30)14-20(22)26(25)34-36(9,10)28(4,5)6/h11-14H,1-10H3. The van der Waals surface area contributed by atoms with Crippen molar-refractivity contribution in [2.24, 2.45) is 0 Å². The van der Waals surface area contributed by atoms with Crippen LogP contribution in [0, 0.1) is 0 Å². The van der Waals surface area contributed by atoms with E-state index in [-0.39, 0.29) is 10.1 Å². The lowest BCUT2D eigenvalue weighted by Gasteiger charge is -2.40. The fourth-order valence-corrected chi connectivity index (χ4v) is 7.96. The van der Waals surface area contributed by atoms with E-state index in [1.807, 2.05) is 0 Å². The van der Waals surface area contributed by atoms with Crippen molar-refractivity contribution in [1.82, 2.24) is 0 Å². The normalized spacial score (nSPS) is 13.8. The Morgan fingerprint density at radius 3 is 1.08 bits per heavy atom. The van der Waals surface area contributed by atoms with E-state index in [1.165, 1.54) is 10.8 Å². The summed E-state index contributed by atoms with van der Waals surface area (Å²) in [4.78, 5) is 0. The summed E-state index contributed by atoms with van der Waals surface area (Å²) >= 11 is 15.4. The van der Waals surface area contributed by atoms with Crippen molar-refractivity contribution in [3.05, 3.63) is 42.2 Å². The van der Waals surface area contributed by atoms with Crippen LogP contribution in [0.4, 0.5) is 0 Å². The summed E-state index contributed by atoms with van der Waals surface area (Å²) in [6.45, 7) is 22.9. The molecule has 4 aromatic rings. The van der Waals surface area contributed by atoms with Crippen molar-refractivity contribution < 1.29 is 8.85 Å². The second-order valence-electron chi connectivity index (χ2n) is 12.8. The molecule has 0 spiro atoms. The number of benzene rings is 4. The van der Waals surface area contributed by atoms with E-state index in [1.54, 1.807) is 0 Å². The molecule has 0 fully saturated rings. The summed E-state index contributed by atoms with van der Waals surface area (Å²) in [6, 6.07) is 8.76. The maximum absolute atomic E-state index is 7.21. The van der Waals surface area contributed by atoms with Gasteiger partial charge in [-0.25, -0.2) is 0 Å². The highest BCUT2D eigenvalue weighted by Gasteiger charge is 2.43. The molecule has 194 valence electrons. The van der Waals surface area contributed by atoms with Crippen LogP contribution >= 0.6 is 63.7 Å². The van der Waals surface area contributed by atoms with Crippen LogP contribution in [0.15, 0.2) is 42.2 Å². The molecule has 0 aliphatic heterocycles. The van der Waals surface area contributed by atoms with Gasteiger partial charge in [0.1, 0.15) is 0 Å². The Morgan fingerprint density at radius 2 is 0.806 bits per heavy atom. The first-order valence-electron chi connectivity index (χ1n) is 12.1. The van der Waals surface area contributed by atoms with Gasteiger partial charge < -0.3 is 8.85 Å². The Balaban J connectivity index is 2.28. The van der Waals surface area contributed by atoms with Gasteiger partial charge in [0.15, 0.2) is 11.5 Å². The quantitative estimate of drug-likeness (QED) is 0.152. The lowest BCUT2D eigenvalue weighted by atomic mass is 9.93. The van der Waals surface area contributed by atoms with Crippen LogP contribution in [0.5, 0.6) is 11.5 Å². The second-order valence-corrected chi connectivity index (χ2v) is 25.6. The first-order valence-corrected chi connectivity index (χ1v) is 21.1. The van der Waals surface area contributed by atoms with Gasteiger partial charge in [0, 0.05) is 39.4 Å². The molecule has 0 aromatic heterocycles. The number of hydrogen-bond acceptors (Lipinski definition) is 2. The zero-order chi connectivity index (χ0) is 27.2. The van der Waals surface area contributed by atoms with Crippen LogP contribution in [0.25, 0.3) is 32.3 Å². The topological polar surface area (TPSA) is 18.5 Å². The molecule has 0 saturated carbocycles. The van der Waals surface area contributed by atoms with Crippen molar-refractivity contribution >= 4 is 113 Å². The van der Waals surface area contributed by atoms with Crippen LogP contribution in [0.1, 0.15) is 41.5 Å². The second kappa shape index (κ2) is 9.22. The maximum Gasteiger partial charge on any atom is 0.250 e. The lowest BCUT2D eigenvalue weighted by Crippen LogP contribution is -2.45. The van der Waals surface area contributed by atoms with E-state index in [9.17, 15) is 0 Å². The summed E-state index contributed by atoms with van der Waals surface area (Å²) < 4.78 is 18.5. The molecule has 0 unspecified atom stereocenters. The largest absolute Gasteiger partial charge is 0.541 e. The van der Waals surface area contributed by atoms with Crippen molar-refractivity contribution in [1.29, 1.82) is 0 Å². The fraction of sp³-hybridized carbons (Fsp3) is 0.429. The van der Waals surface area contributed by atoms with Crippen molar-refractivity contribution in [2.45, 2.75) is 77.8 Å². The van der Waals surface area contributed by atoms with Gasteiger partial charge in [-0.3, -0.25) is 0 Å². The van der Waals surface area contributed by atoms with Crippen LogP contribution in [0.3, 0.4) is 0 Å². The molecule has 0 radical (unpaired) electrons. The molecule has 2 nitrogen and oxygen atoms in total. The van der Waals surface area contributed by atoms with Crippen molar-refractivity contribution in [2.75, 3.05) is 0 Å². The van der Waals surface area contributed by atoms with Gasteiger partial charge in [-0.05, 0) is 103 Å². The predicted molar refractivity (Wildman–Crippen MR) is 177 cm³/mol. The Labute approximate surface area is 251 Å². The maximum atomic E-state index is 7.21. The molecule has 0 aliphatic rings. The minimum absolute atomic E-state index is 0.0420. The van der Waals surface area contributed by atoms with Gasteiger partial charge in [0.2, 0.25) is 0 Å². The van der Waals surface area contributed by atoms with Gasteiger partial charge in [0.25, 0.3) is 16.6 Å². The molecule has 0 saturated heterocycles. The molecular formula is C28H34Br4O2Si2. The van der Waals surface area contributed by atoms with E-state index in [0.29, 0.717) is 0 Å². The fourth-order valence-electron chi connectivity index (χ4n) is 3.96. The van der Waals surface area contributed by atoms with Crippen LogP contribution < -0.4 is 8.85 Å². The molecule has 8 heteroatoms. The smallest absolute Gasteiger partial charge is 0.250 e. The van der Waals surface area contributed by atoms with Crippen molar-refractivity contribution in [3.63, 3.8) is 0 Å². The van der Waals surface area contributed by atoms with E-state index < -0.39 is 16.6 Å². The molecule has 0 aliphatic carbocycles. The zero-order valence-electron chi connectivity index (χ0n) is 22.6. The highest BCUT2D eigenvalue weighted by molar-refractivity contribution is 9.13. The Morgan fingerprint density at radius 1 is 0.528 bits per heavy atom. The summed E-state index contributed by atoms with van der Waals surface area (Å²) in [6.07, 6.45) is 0. The first-order chi connectivity index (χ1) is 16.3. The number of hydrogen-bond donors (Lipinski definition) is 0. The third-order valence-corrected chi connectivity index (χ3v) is 19.9. The summed E-state index contributed by atoms with van der Waals surface area (Å²) in [7, 11) is -4.40. The molecule has 0 N–H and O–H groups in total. The Bertz CT molecular complexity index is 1390. The lowest BCUT2D eigenvalue weighted by molar-refractivity contribution is 0.447. The Kier molecular flexibility index (Phi) is 7.40. The van der Waals surface area contributed by atoms with Crippen LogP contribution in [0.2, 0.25) is 36.3 Å². The van der Waals surface area contributed by atoms with Gasteiger partial charge in [-0.15, -0.1) is 0 Å². The molecule has 0 amide bonds. The zero-order valence-corrected chi connectivity index (χ0v) is 31.0. The summed E-state index contributed by atoms with van der Waals surface area (Å²) in [5.74, 6) is 1.75. The Hall–Kier alpha value is -0.126. The molecule has 4 aromatic carbocycles. The van der Waals surface area contributed by atoms with E-state index in [0.717, 1.165) is 50.9 Å². The minimum Gasteiger partial charge on any atom is -0.541 e. The average molecular weight is 778 g/mol. The molecule has 36 heavy (non-hydrogen) atoms. The monoisotopic (exact) mass is 774 g/mol. The average Bonchev–Trinajstić information content (AvgIpc) is 2.71. The van der Waals surface area contributed by atoms with Gasteiger partial charge >= 0.3 is 0 Å². The van der Waals surface area contributed by atoms with E-state index >= 15 is 0 Å². The van der Waals surface area contributed by atoms with Crippen LogP contribution in [-0.4, -0.2) is 16.6 Å². The highest BCUT2D eigenvalue weighted by atomic mass is 79.9. The summed E-state index contributed by atoms with van der Waals surface area (Å²) in [5.41, 5.74) is 0. The number of rotatable bonds is 4. The third kappa shape index (κ3) is 4.74. The number of halogens is 4. The minimum atomic E-state index is -2.20. The van der Waals surface area contributed by atoms with Crippen molar-refractivity contribution in [3.8, 4) is 11.5 Å². The first kappa shape index (κ1) is 28.9. The molecule has 0 atom stereocenters. The van der Waals surface area contributed by atoms with Gasteiger partial charge in [-0.2, -0.15) is 0 Å². The van der Waals surface area contributed by atoms with Gasteiger partial charge in [0.05, 0.1) is 0 Å². The third-order valence-electron chi connectivity index (χ3n) is 8.14. The van der Waals surface area contributed by atoms with E-state index in [2.05, 4.69) is 156 Å². The molecule has 0 heterocycles. The highest BCUT2D eigenvalue weighted by Crippen LogP contribution is 2.55. The van der Waals surface area contributed by atoms with E-state index in [4.69, 9.17) is 8.85 Å². The molecule has 4 rings (SSSR count).